The third-order valence-corrected chi connectivity index (χ3v) is 3.35. The van der Waals surface area contributed by atoms with E-state index in [0.29, 0.717) is 5.01 Å². The lowest BCUT2D eigenvalue weighted by Gasteiger charge is -2.42. The van der Waals surface area contributed by atoms with E-state index in [4.69, 9.17) is 26.2 Å². The molecule has 1 aliphatic rings. The van der Waals surface area contributed by atoms with E-state index in [0.717, 1.165) is 0 Å². The first-order valence-corrected chi connectivity index (χ1v) is 7.35. The Bertz CT molecular complexity index is 414. The molecule has 11 heteroatoms. The number of carbonyl (C=O) groups is 1. The molecule has 0 radical (unpaired) electrons. The van der Waals surface area contributed by atoms with Crippen LogP contribution in [-0.4, -0.2) is 82.6 Å². The normalized spacial score (nSPS) is 30.5. The van der Waals surface area contributed by atoms with Gasteiger partial charge >= 0.3 is 6.03 Å². The van der Waals surface area contributed by atoms with E-state index in [2.05, 4.69) is 17.2 Å². The number of nitrogens with zero attached hydrogens (tertiary/aromatic N) is 2. The molecule has 0 aromatic heterocycles. The number of halogens is 1. The van der Waals surface area contributed by atoms with Crippen molar-refractivity contribution < 1.29 is 29.6 Å². The van der Waals surface area contributed by atoms with Crippen LogP contribution >= 0.6 is 11.6 Å². The van der Waals surface area contributed by atoms with Crippen molar-refractivity contribution in [3.8, 4) is 0 Å². The molecule has 1 aliphatic heterocycles. The topological polar surface area (TPSA) is 141 Å². The Labute approximate surface area is 137 Å². The predicted molar refractivity (Wildman–Crippen MR) is 79.5 cm³/mol. The fraction of sp³-hybridized carbons (Fsp3) is 0.750. The molecule has 1 rings (SSSR count). The summed E-state index contributed by atoms with van der Waals surface area (Å²) in [5.74, 6) is -0.0194. The summed E-state index contributed by atoms with van der Waals surface area (Å²) in [7, 11) is 0. The van der Waals surface area contributed by atoms with Crippen LogP contribution in [0.25, 0.3) is 0 Å². The van der Waals surface area contributed by atoms with Crippen molar-refractivity contribution in [2.24, 2.45) is 5.29 Å². The summed E-state index contributed by atoms with van der Waals surface area (Å²) < 4.78 is 10.6. The molecule has 132 valence electrons. The molecule has 0 saturated carbocycles. The first-order chi connectivity index (χ1) is 11.0. The summed E-state index contributed by atoms with van der Waals surface area (Å²) >= 11 is 5.45. The second-order valence-electron chi connectivity index (χ2n) is 4.70. The molecule has 1 unspecified atom stereocenters. The van der Waals surface area contributed by atoms with Crippen molar-refractivity contribution in [1.29, 1.82) is 0 Å². The van der Waals surface area contributed by atoms with Crippen LogP contribution in [0.3, 0.4) is 0 Å². The maximum atomic E-state index is 11.9. The van der Waals surface area contributed by atoms with Crippen LogP contribution in [0.4, 0.5) is 4.79 Å². The highest BCUT2D eigenvalue weighted by molar-refractivity contribution is 6.18. The van der Waals surface area contributed by atoms with Crippen LogP contribution in [0.1, 0.15) is 0 Å². The van der Waals surface area contributed by atoms with Gasteiger partial charge in [-0.05, 0) is 0 Å². The van der Waals surface area contributed by atoms with E-state index in [1.54, 1.807) is 0 Å². The number of nitrogens with one attached hydrogen (secondary N) is 1. The number of hydrogen-bond acceptors (Lipinski definition) is 8. The van der Waals surface area contributed by atoms with E-state index in [1.165, 1.54) is 6.08 Å². The molecule has 0 aromatic carbocycles. The molecule has 5 atom stereocenters. The second kappa shape index (κ2) is 9.75. The first kappa shape index (κ1) is 19.7. The van der Waals surface area contributed by atoms with Gasteiger partial charge in [0.1, 0.15) is 24.4 Å². The van der Waals surface area contributed by atoms with Gasteiger partial charge in [0.05, 0.1) is 25.0 Å². The molecule has 10 nitrogen and oxygen atoms in total. The van der Waals surface area contributed by atoms with Gasteiger partial charge in [-0.2, -0.15) is 5.01 Å². The van der Waals surface area contributed by atoms with Gasteiger partial charge in [0.25, 0.3) is 0 Å². The number of aliphatic hydroxyl groups excluding tert-OH is 3. The molecule has 1 saturated heterocycles. The Morgan fingerprint density at radius 3 is 2.70 bits per heavy atom. The number of amides is 2. The smallest absolute Gasteiger partial charge is 0.340 e. The Morgan fingerprint density at radius 2 is 2.17 bits per heavy atom. The largest absolute Gasteiger partial charge is 0.394 e. The van der Waals surface area contributed by atoms with Gasteiger partial charge in [-0.15, -0.1) is 23.1 Å². The van der Waals surface area contributed by atoms with E-state index in [1.807, 2.05) is 0 Å². The fourth-order valence-corrected chi connectivity index (χ4v) is 2.18. The Kier molecular flexibility index (Phi) is 8.37. The summed E-state index contributed by atoms with van der Waals surface area (Å²) in [4.78, 5) is 22.6. The molecule has 4 N–H and O–H groups in total. The fourth-order valence-electron chi connectivity index (χ4n) is 2.02. The Balaban J connectivity index is 2.86. The maximum Gasteiger partial charge on any atom is 0.340 e. The first-order valence-electron chi connectivity index (χ1n) is 6.82. The highest BCUT2D eigenvalue weighted by atomic mass is 35.5. The number of carbonyl (C=O) groups excluding carboxylic acids is 1. The number of urea groups is 1. The molecule has 1 heterocycles. The summed E-state index contributed by atoms with van der Waals surface area (Å²) in [5, 5.41) is 34.5. The third kappa shape index (κ3) is 5.09. The standard InChI is InChI=1S/C12H20ClN3O7/c1-2-5-22-11-8(10(19)9(18)7(6-17)23-11)14-12(20)16(15-21)4-3-13/h2,7-11,17-19H,1,3-6H2,(H,14,20)/t7-,8-,9-,10-,11?/m1/s1. The molecule has 0 aromatic rings. The minimum absolute atomic E-state index is 0.0194. The van der Waals surface area contributed by atoms with E-state index >= 15 is 0 Å². The Hall–Kier alpha value is -1.30. The van der Waals surface area contributed by atoms with Crippen LogP contribution in [0.5, 0.6) is 0 Å². The van der Waals surface area contributed by atoms with Gasteiger partial charge < -0.3 is 30.1 Å². The SMILES string of the molecule is C=CCOC1O[C@H](CO)[C@@H](O)[C@H](O)[C@H]1NC(=O)N(CCCl)N=O. The van der Waals surface area contributed by atoms with Crippen molar-refractivity contribution in [2.75, 3.05) is 25.6 Å². The highest BCUT2D eigenvalue weighted by Crippen LogP contribution is 2.22. The summed E-state index contributed by atoms with van der Waals surface area (Å²) in [6.07, 6.45) is -3.79. The van der Waals surface area contributed by atoms with Gasteiger partial charge in [0.15, 0.2) is 6.29 Å². The van der Waals surface area contributed by atoms with E-state index < -0.39 is 43.3 Å². The van der Waals surface area contributed by atoms with Crippen LogP contribution in [0.2, 0.25) is 0 Å². The number of ether oxygens (including phenoxy) is 2. The number of hydrogen-bond donors (Lipinski definition) is 4. The molecule has 23 heavy (non-hydrogen) atoms. The van der Waals surface area contributed by atoms with E-state index in [9.17, 15) is 19.9 Å². The second-order valence-corrected chi connectivity index (χ2v) is 5.08. The van der Waals surface area contributed by atoms with Crippen LogP contribution in [0.15, 0.2) is 17.9 Å². The molecule has 1 fully saturated rings. The Morgan fingerprint density at radius 1 is 1.48 bits per heavy atom. The highest BCUT2D eigenvalue weighted by Gasteiger charge is 2.46. The van der Waals surface area contributed by atoms with Crippen molar-refractivity contribution in [1.82, 2.24) is 10.3 Å². The third-order valence-electron chi connectivity index (χ3n) is 3.18. The van der Waals surface area contributed by atoms with Gasteiger partial charge in [0.2, 0.25) is 0 Å². The lowest BCUT2D eigenvalue weighted by Crippen LogP contribution is -2.65. The molecule has 0 spiro atoms. The molecular weight excluding hydrogens is 334 g/mol. The molecular formula is C12H20ClN3O7. The van der Waals surface area contributed by atoms with Crippen LogP contribution in [0, 0.1) is 4.91 Å². The summed E-state index contributed by atoms with van der Waals surface area (Å²) in [5.41, 5.74) is 0. The van der Waals surface area contributed by atoms with Crippen molar-refractivity contribution in [2.45, 2.75) is 30.6 Å². The zero-order chi connectivity index (χ0) is 17.4. The lowest BCUT2D eigenvalue weighted by atomic mass is 9.97. The van der Waals surface area contributed by atoms with E-state index in [-0.39, 0.29) is 19.0 Å². The van der Waals surface area contributed by atoms with Crippen molar-refractivity contribution in [3.05, 3.63) is 17.6 Å². The summed E-state index contributed by atoms with van der Waals surface area (Å²) in [6, 6.07) is -2.13. The minimum atomic E-state index is -1.50. The predicted octanol–water partition coefficient (Wildman–Crippen LogP) is -1.07. The zero-order valence-corrected chi connectivity index (χ0v) is 13.0. The molecule has 2 amide bonds. The van der Waals surface area contributed by atoms with Crippen molar-refractivity contribution >= 4 is 17.6 Å². The zero-order valence-electron chi connectivity index (χ0n) is 12.2. The monoisotopic (exact) mass is 353 g/mol. The van der Waals surface area contributed by atoms with Gasteiger partial charge in [-0.3, -0.25) is 0 Å². The number of nitroso groups, excluding NO2 is 1. The number of alkyl halides is 1. The quantitative estimate of drug-likeness (QED) is 0.188. The number of aliphatic hydroxyl groups is 3. The van der Waals surface area contributed by atoms with Crippen LogP contribution in [-0.2, 0) is 9.47 Å². The van der Waals surface area contributed by atoms with Gasteiger partial charge in [0, 0.05) is 5.88 Å². The lowest BCUT2D eigenvalue weighted by molar-refractivity contribution is -0.266. The molecule has 0 aliphatic carbocycles. The maximum absolute atomic E-state index is 11.9. The minimum Gasteiger partial charge on any atom is -0.394 e. The average molecular weight is 354 g/mol. The van der Waals surface area contributed by atoms with Gasteiger partial charge in [-0.1, -0.05) is 6.08 Å². The number of rotatable bonds is 8. The average Bonchev–Trinajstić information content (AvgIpc) is 2.55. The van der Waals surface area contributed by atoms with Crippen LogP contribution < -0.4 is 5.32 Å². The van der Waals surface area contributed by atoms with Crippen molar-refractivity contribution in [3.63, 3.8) is 0 Å². The summed E-state index contributed by atoms with van der Waals surface area (Å²) in [6.45, 7) is 2.81. The molecule has 0 bridgehead atoms. The van der Waals surface area contributed by atoms with Gasteiger partial charge in [-0.25, -0.2) is 4.79 Å².